The summed E-state index contributed by atoms with van der Waals surface area (Å²) in [5.41, 5.74) is 5.27. The van der Waals surface area contributed by atoms with Gasteiger partial charge in [-0.25, -0.2) is 0 Å². The Morgan fingerprint density at radius 2 is 1.68 bits per heavy atom. The van der Waals surface area contributed by atoms with Gasteiger partial charge in [0.1, 0.15) is 5.75 Å². The van der Waals surface area contributed by atoms with Gasteiger partial charge in [0.05, 0.1) is 31.2 Å². The molecule has 2 amide bonds. The molecule has 1 aliphatic heterocycles. The van der Waals surface area contributed by atoms with Gasteiger partial charge < -0.3 is 25.5 Å². The second-order valence-corrected chi connectivity index (χ2v) is 12.0. The second kappa shape index (κ2) is 14.8. The lowest BCUT2D eigenvalue weighted by Crippen LogP contribution is -2.39. The molecule has 2 aromatic carbocycles. The number of unbranched alkanes of at least 4 members (excludes halogenated alkanes) is 2. The lowest BCUT2D eigenvalue weighted by Gasteiger charge is -2.36. The summed E-state index contributed by atoms with van der Waals surface area (Å²) in [5.74, 6) is -3.70. The zero-order chi connectivity index (χ0) is 32.0. The van der Waals surface area contributed by atoms with Crippen molar-refractivity contribution < 1.29 is 39.9 Å². The minimum Gasteiger partial charge on any atom is -0.507 e. The Kier molecular flexibility index (Phi) is 11.1. The number of rotatable bonds is 14. The number of aromatic hydroxyl groups is 1. The van der Waals surface area contributed by atoms with Crippen molar-refractivity contribution in [2.45, 2.75) is 64.9 Å². The fourth-order valence-corrected chi connectivity index (χ4v) is 6.79. The third-order valence-corrected chi connectivity index (χ3v) is 8.98. The number of hydrogen-bond acceptors (Lipinski definition) is 7. The van der Waals surface area contributed by atoms with Gasteiger partial charge >= 0.3 is 5.97 Å². The van der Waals surface area contributed by atoms with E-state index in [1.54, 1.807) is 0 Å². The van der Waals surface area contributed by atoms with Gasteiger partial charge in [-0.2, -0.15) is 0 Å². The van der Waals surface area contributed by atoms with Gasteiger partial charge in [-0.05, 0) is 97.1 Å². The van der Waals surface area contributed by atoms with Crippen LogP contribution in [0.4, 0.5) is 0 Å². The molecule has 9 nitrogen and oxygen atoms in total. The number of carboxylic acid groups (broad SMARTS) is 1. The number of allylic oxidation sites excluding steroid dienone is 1. The summed E-state index contributed by atoms with van der Waals surface area (Å²) in [6.45, 7) is 3.02. The Hall–Kier alpha value is -3.79. The third kappa shape index (κ3) is 7.29. The van der Waals surface area contributed by atoms with Crippen LogP contribution in [-0.4, -0.2) is 74.1 Å². The molecular formula is C35H43NO8. The van der Waals surface area contributed by atoms with E-state index in [-0.39, 0.29) is 43.4 Å². The highest BCUT2D eigenvalue weighted by atomic mass is 16.4. The van der Waals surface area contributed by atoms with E-state index in [1.807, 2.05) is 62.4 Å². The fraction of sp³-hybridized carbons (Fsp3) is 0.457. The van der Waals surface area contributed by atoms with Crippen LogP contribution in [0.25, 0.3) is 11.6 Å². The van der Waals surface area contributed by atoms with Gasteiger partial charge in [-0.1, -0.05) is 42.8 Å². The number of carbonyl (C=O) groups is 3. The maximum atomic E-state index is 13.5. The molecule has 4 rings (SSSR count). The average molecular weight is 606 g/mol. The van der Waals surface area contributed by atoms with Crippen molar-refractivity contribution in [3.8, 4) is 5.75 Å². The molecule has 44 heavy (non-hydrogen) atoms. The van der Waals surface area contributed by atoms with E-state index in [4.69, 9.17) is 5.11 Å². The van der Waals surface area contributed by atoms with Crippen LogP contribution in [0.1, 0.15) is 67.2 Å². The molecule has 0 unspecified atom stereocenters. The van der Waals surface area contributed by atoms with Crippen molar-refractivity contribution in [1.29, 1.82) is 0 Å². The Bertz CT molecular complexity index is 1410. The molecular weight excluding hydrogens is 562 g/mol. The second-order valence-electron chi connectivity index (χ2n) is 12.0. The molecule has 1 saturated heterocycles. The molecule has 0 aromatic heterocycles. The average Bonchev–Trinajstić information content (AvgIpc) is 3.25. The van der Waals surface area contributed by atoms with E-state index in [0.29, 0.717) is 36.8 Å². The van der Waals surface area contributed by atoms with Crippen LogP contribution < -0.4 is 0 Å². The van der Waals surface area contributed by atoms with Crippen LogP contribution >= 0.6 is 0 Å². The molecule has 0 saturated carbocycles. The van der Waals surface area contributed by atoms with Gasteiger partial charge in [0.25, 0.3) is 0 Å². The number of amides is 2. The number of aliphatic carboxylic acids is 1. The molecule has 1 fully saturated rings. The van der Waals surface area contributed by atoms with Gasteiger partial charge in [0.15, 0.2) is 0 Å². The molecule has 0 spiro atoms. The van der Waals surface area contributed by atoms with Crippen LogP contribution in [0.3, 0.4) is 0 Å². The van der Waals surface area contributed by atoms with Crippen molar-refractivity contribution in [2.24, 2.45) is 17.8 Å². The van der Waals surface area contributed by atoms with Crippen LogP contribution in [0, 0.1) is 31.6 Å². The Labute approximate surface area is 258 Å². The van der Waals surface area contributed by atoms with E-state index in [2.05, 4.69) is 0 Å². The van der Waals surface area contributed by atoms with Crippen LogP contribution in [0.2, 0.25) is 0 Å². The quantitative estimate of drug-likeness (QED) is 0.0927. The lowest BCUT2D eigenvalue weighted by molar-refractivity contribution is -0.141. The van der Waals surface area contributed by atoms with Crippen molar-refractivity contribution in [1.82, 2.24) is 4.90 Å². The molecule has 2 aliphatic rings. The fourth-order valence-electron chi connectivity index (χ4n) is 6.79. The first kappa shape index (κ1) is 33.1. The smallest absolute Gasteiger partial charge is 0.303 e. The number of aliphatic hydroxyl groups excluding tert-OH is 3. The minimum absolute atomic E-state index is 0.0279. The summed E-state index contributed by atoms with van der Waals surface area (Å²) in [5, 5.41) is 51.4. The maximum absolute atomic E-state index is 13.5. The van der Waals surface area contributed by atoms with Gasteiger partial charge in [0.2, 0.25) is 11.8 Å². The highest BCUT2D eigenvalue weighted by molar-refractivity contribution is 6.05. The number of nitrogens with zero attached hydrogens (tertiary/aromatic N) is 1. The molecule has 5 N–H and O–H groups in total. The van der Waals surface area contributed by atoms with Crippen molar-refractivity contribution in [2.75, 3.05) is 19.8 Å². The first-order valence-electron chi connectivity index (χ1n) is 15.3. The van der Waals surface area contributed by atoms with Crippen LogP contribution in [0.5, 0.6) is 5.75 Å². The summed E-state index contributed by atoms with van der Waals surface area (Å²) >= 11 is 0. The van der Waals surface area contributed by atoms with E-state index >= 15 is 0 Å². The molecule has 0 bridgehead atoms. The summed E-state index contributed by atoms with van der Waals surface area (Å²) in [4.78, 5) is 38.8. The number of phenols is 1. The van der Waals surface area contributed by atoms with Gasteiger partial charge in [-0.3, -0.25) is 19.3 Å². The largest absolute Gasteiger partial charge is 0.507 e. The number of aliphatic hydroxyl groups is 3. The summed E-state index contributed by atoms with van der Waals surface area (Å²) in [6, 6.07) is 13.6. The predicted octanol–water partition coefficient (Wildman–Crippen LogP) is 4.24. The summed E-state index contributed by atoms with van der Waals surface area (Å²) in [7, 11) is 0. The van der Waals surface area contributed by atoms with Gasteiger partial charge in [0, 0.05) is 18.9 Å². The molecule has 4 atom stereocenters. The normalized spacial score (nSPS) is 21.2. The molecule has 2 aromatic rings. The number of hydrogen-bond donors (Lipinski definition) is 5. The number of imide groups is 1. The number of benzene rings is 2. The number of likely N-dealkylation sites (tertiary alicyclic amines) is 1. The van der Waals surface area contributed by atoms with E-state index in [0.717, 1.165) is 27.8 Å². The lowest BCUT2D eigenvalue weighted by atomic mass is 9.68. The third-order valence-electron chi connectivity index (χ3n) is 8.98. The Morgan fingerprint density at radius 1 is 1.00 bits per heavy atom. The molecule has 9 heteroatoms. The number of aryl methyl sites for hydroxylation is 2. The summed E-state index contributed by atoms with van der Waals surface area (Å²) in [6.07, 6.45) is 3.35. The number of carbonyl (C=O) groups excluding carboxylic acids is 2. The van der Waals surface area contributed by atoms with Crippen molar-refractivity contribution >= 4 is 29.4 Å². The Morgan fingerprint density at radius 3 is 2.30 bits per heavy atom. The molecule has 0 radical (unpaired) electrons. The predicted molar refractivity (Wildman–Crippen MR) is 166 cm³/mol. The first-order chi connectivity index (χ1) is 21.1. The molecule has 1 heterocycles. The maximum Gasteiger partial charge on any atom is 0.303 e. The first-order valence-corrected chi connectivity index (χ1v) is 15.3. The number of fused-ring (bicyclic) bond motifs is 1. The standard InChI is InChI=1S/C35H43NO8/c1-21-15-23(16-22(2)33(21)42)17-25(24-9-5-3-6-10-24)12-13-29(39)31-26(19-37)18-27-32(28(31)20-38)35(44)36(34(27)43)14-8-4-7-11-30(40)41/h3,5-6,9-10,15-17,27-29,32,37-39,42H,4,7-8,11-14,18-20H2,1-2H3,(H,40,41)/b25-17-/t27-,28+,29-,32-/m1/s1. The Balaban J connectivity index is 1.55. The number of phenolic OH excluding ortho intramolecular Hbond substituents is 1. The highest BCUT2D eigenvalue weighted by Gasteiger charge is 2.54. The van der Waals surface area contributed by atoms with E-state index in [1.165, 1.54) is 4.90 Å². The van der Waals surface area contributed by atoms with Crippen LogP contribution in [-0.2, 0) is 14.4 Å². The SMILES string of the molecule is Cc1cc(/C=C(/CC[C@@H](O)C2=C(CO)C[C@H]3C(=O)N(CCCCCC(=O)O)C(=O)[C@H]3[C@H]2CO)c2ccccc2)cc(C)c1O. The topological polar surface area (TPSA) is 156 Å². The van der Waals surface area contributed by atoms with Crippen LogP contribution in [0.15, 0.2) is 53.6 Å². The van der Waals surface area contributed by atoms with Gasteiger partial charge in [-0.15, -0.1) is 0 Å². The van der Waals surface area contributed by atoms with Crippen molar-refractivity contribution in [3.05, 3.63) is 75.9 Å². The zero-order valence-corrected chi connectivity index (χ0v) is 25.4. The van der Waals surface area contributed by atoms with E-state index in [9.17, 15) is 34.8 Å². The van der Waals surface area contributed by atoms with Crippen molar-refractivity contribution in [3.63, 3.8) is 0 Å². The molecule has 1 aliphatic carbocycles. The molecule has 236 valence electrons. The zero-order valence-electron chi connectivity index (χ0n) is 25.4. The number of carboxylic acids is 1. The monoisotopic (exact) mass is 605 g/mol. The highest BCUT2D eigenvalue weighted by Crippen LogP contribution is 2.46. The summed E-state index contributed by atoms with van der Waals surface area (Å²) < 4.78 is 0. The minimum atomic E-state index is -1.06. The van der Waals surface area contributed by atoms with E-state index < -0.39 is 43.0 Å².